The van der Waals surface area contributed by atoms with Crippen LogP contribution >= 0.6 is 11.8 Å². The molecule has 2 aromatic heterocycles. The van der Waals surface area contributed by atoms with E-state index in [2.05, 4.69) is 22.3 Å². The summed E-state index contributed by atoms with van der Waals surface area (Å²) in [5.74, 6) is 0.614. The highest BCUT2D eigenvalue weighted by atomic mass is 32.2. The summed E-state index contributed by atoms with van der Waals surface area (Å²) in [5.41, 5.74) is 0.810. The molecule has 0 unspecified atom stereocenters. The SMILES string of the molecule is CCCc1nnc(SCC(=O)O)n1Cc1cc(C)no1. The molecule has 0 spiro atoms. The lowest BCUT2D eigenvalue weighted by Gasteiger charge is -2.06. The van der Waals surface area contributed by atoms with Crippen molar-refractivity contribution < 1.29 is 14.4 Å². The lowest BCUT2D eigenvalue weighted by Crippen LogP contribution is -2.07. The van der Waals surface area contributed by atoms with Crippen LogP contribution < -0.4 is 0 Å². The number of carbonyl (C=O) groups is 1. The van der Waals surface area contributed by atoms with Crippen molar-refractivity contribution in [3.63, 3.8) is 0 Å². The van der Waals surface area contributed by atoms with E-state index >= 15 is 0 Å². The van der Waals surface area contributed by atoms with Gasteiger partial charge in [0.2, 0.25) is 0 Å². The lowest BCUT2D eigenvalue weighted by molar-refractivity contribution is -0.133. The maximum absolute atomic E-state index is 10.7. The first-order valence-electron chi connectivity index (χ1n) is 6.29. The van der Waals surface area contributed by atoms with Crippen LogP contribution in [0, 0.1) is 6.92 Å². The van der Waals surface area contributed by atoms with Crippen molar-refractivity contribution >= 4 is 17.7 Å². The zero-order valence-electron chi connectivity index (χ0n) is 11.4. The standard InChI is InChI=1S/C12H16N4O3S/c1-3-4-10-13-14-12(20-7-11(17)18)16(10)6-9-5-8(2)15-19-9/h5H,3-4,6-7H2,1-2H3,(H,17,18). The second-order valence-corrected chi connectivity index (χ2v) is 5.29. The summed E-state index contributed by atoms with van der Waals surface area (Å²) in [5, 5.41) is 21.4. The van der Waals surface area contributed by atoms with Gasteiger partial charge in [0.1, 0.15) is 5.82 Å². The number of aryl methyl sites for hydroxylation is 2. The number of rotatable bonds is 7. The van der Waals surface area contributed by atoms with Crippen LogP contribution in [0.3, 0.4) is 0 Å². The molecule has 1 N–H and O–H groups in total. The van der Waals surface area contributed by atoms with Crippen molar-refractivity contribution in [2.75, 3.05) is 5.75 Å². The number of carboxylic acid groups (broad SMARTS) is 1. The minimum absolute atomic E-state index is 0.0420. The van der Waals surface area contributed by atoms with Gasteiger partial charge in [0.25, 0.3) is 0 Å². The third kappa shape index (κ3) is 3.60. The molecule has 20 heavy (non-hydrogen) atoms. The second kappa shape index (κ2) is 6.56. The van der Waals surface area contributed by atoms with Crippen LogP contribution in [0.1, 0.15) is 30.6 Å². The Balaban J connectivity index is 2.21. The summed E-state index contributed by atoms with van der Waals surface area (Å²) >= 11 is 1.16. The average Bonchev–Trinajstić information content (AvgIpc) is 2.96. The van der Waals surface area contributed by atoms with Gasteiger partial charge in [0.15, 0.2) is 10.9 Å². The molecule has 0 saturated heterocycles. The van der Waals surface area contributed by atoms with Crippen LogP contribution in [-0.4, -0.2) is 36.7 Å². The van der Waals surface area contributed by atoms with Crippen molar-refractivity contribution in [3.8, 4) is 0 Å². The molecule has 0 aliphatic carbocycles. The molecule has 108 valence electrons. The maximum atomic E-state index is 10.7. The molecule has 0 aliphatic rings. The zero-order valence-corrected chi connectivity index (χ0v) is 12.2. The topological polar surface area (TPSA) is 94.0 Å². The van der Waals surface area contributed by atoms with Gasteiger partial charge in [-0.2, -0.15) is 0 Å². The van der Waals surface area contributed by atoms with E-state index in [-0.39, 0.29) is 5.75 Å². The van der Waals surface area contributed by atoms with E-state index in [1.165, 1.54) is 0 Å². The number of carboxylic acids is 1. The number of nitrogens with zero attached hydrogens (tertiary/aromatic N) is 4. The van der Waals surface area contributed by atoms with E-state index in [1.807, 2.05) is 17.6 Å². The first kappa shape index (κ1) is 14.6. The molecule has 0 saturated carbocycles. The molecule has 0 aromatic carbocycles. The molecular formula is C12H16N4O3S. The Morgan fingerprint density at radius 2 is 2.30 bits per heavy atom. The van der Waals surface area contributed by atoms with Crippen LogP contribution in [0.15, 0.2) is 15.7 Å². The second-order valence-electron chi connectivity index (χ2n) is 4.35. The van der Waals surface area contributed by atoms with Crippen LogP contribution in [0.25, 0.3) is 0 Å². The van der Waals surface area contributed by atoms with Gasteiger partial charge in [-0.25, -0.2) is 0 Å². The van der Waals surface area contributed by atoms with Gasteiger partial charge in [0.05, 0.1) is 18.0 Å². The van der Waals surface area contributed by atoms with E-state index in [0.29, 0.717) is 17.5 Å². The first-order valence-corrected chi connectivity index (χ1v) is 7.27. The minimum Gasteiger partial charge on any atom is -0.481 e. The van der Waals surface area contributed by atoms with E-state index in [0.717, 1.165) is 36.1 Å². The van der Waals surface area contributed by atoms with Gasteiger partial charge in [-0.3, -0.25) is 9.36 Å². The van der Waals surface area contributed by atoms with Crippen LogP contribution in [0.5, 0.6) is 0 Å². The van der Waals surface area contributed by atoms with Crippen molar-refractivity contribution in [3.05, 3.63) is 23.3 Å². The third-order valence-corrected chi connectivity index (χ3v) is 3.53. The number of aliphatic carboxylic acids is 1. The molecule has 2 aromatic rings. The van der Waals surface area contributed by atoms with Crippen molar-refractivity contribution in [1.29, 1.82) is 0 Å². The van der Waals surface area contributed by atoms with Crippen LogP contribution in [0.2, 0.25) is 0 Å². The Hall–Kier alpha value is -1.83. The normalized spacial score (nSPS) is 10.9. The summed E-state index contributed by atoms with van der Waals surface area (Å²) in [7, 11) is 0. The van der Waals surface area contributed by atoms with Gasteiger partial charge in [0, 0.05) is 12.5 Å². The number of hydrogen-bond acceptors (Lipinski definition) is 6. The Bertz CT molecular complexity index is 593. The Morgan fingerprint density at radius 3 is 2.90 bits per heavy atom. The Morgan fingerprint density at radius 1 is 1.50 bits per heavy atom. The molecule has 2 rings (SSSR count). The van der Waals surface area contributed by atoms with Gasteiger partial charge in [-0.05, 0) is 13.3 Å². The fraction of sp³-hybridized carbons (Fsp3) is 0.500. The Kier molecular flexibility index (Phi) is 4.78. The summed E-state index contributed by atoms with van der Waals surface area (Å²) in [6.45, 7) is 4.37. The molecular weight excluding hydrogens is 280 g/mol. The van der Waals surface area contributed by atoms with Gasteiger partial charge in [-0.1, -0.05) is 23.8 Å². The third-order valence-electron chi connectivity index (χ3n) is 2.58. The highest BCUT2D eigenvalue weighted by molar-refractivity contribution is 7.99. The largest absolute Gasteiger partial charge is 0.481 e. The van der Waals surface area contributed by atoms with Crippen molar-refractivity contribution in [2.45, 2.75) is 38.4 Å². The minimum atomic E-state index is -0.878. The molecule has 0 aliphatic heterocycles. The zero-order chi connectivity index (χ0) is 14.5. The van der Waals surface area contributed by atoms with E-state index in [1.54, 1.807) is 0 Å². The van der Waals surface area contributed by atoms with E-state index < -0.39 is 5.97 Å². The van der Waals surface area contributed by atoms with E-state index in [9.17, 15) is 4.79 Å². The number of hydrogen-bond donors (Lipinski definition) is 1. The molecule has 0 bridgehead atoms. The van der Waals surface area contributed by atoms with Gasteiger partial charge in [-0.15, -0.1) is 10.2 Å². The fourth-order valence-corrected chi connectivity index (χ4v) is 2.44. The highest BCUT2D eigenvalue weighted by Gasteiger charge is 2.15. The summed E-state index contributed by atoms with van der Waals surface area (Å²) < 4.78 is 7.09. The molecule has 0 radical (unpaired) electrons. The molecule has 7 nitrogen and oxygen atoms in total. The van der Waals surface area contributed by atoms with Crippen molar-refractivity contribution in [1.82, 2.24) is 19.9 Å². The van der Waals surface area contributed by atoms with Crippen LogP contribution in [-0.2, 0) is 17.8 Å². The highest BCUT2D eigenvalue weighted by Crippen LogP contribution is 2.19. The average molecular weight is 296 g/mol. The summed E-state index contributed by atoms with van der Waals surface area (Å²) in [4.78, 5) is 10.7. The predicted octanol–water partition coefficient (Wildman–Crippen LogP) is 1.75. The molecule has 0 atom stereocenters. The lowest BCUT2D eigenvalue weighted by atomic mass is 10.3. The molecule has 0 amide bonds. The first-order chi connectivity index (χ1) is 9.60. The van der Waals surface area contributed by atoms with Crippen LogP contribution in [0.4, 0.5) is 0 Å². The fourth-order valence-electron chi connectivity index (χ4n) is 1.77. The molecule has 0 fully saturated rings. The maximum Gasteiger partial charge on any atom is 0.313 e. The van der Waals surface area contributed by atoms with Gasteiger partial charge < -0.3 is 9.63 Å². The Labute approximate surface area is 120 Å². The quantitative estimate of drug-likeness (QED) is 0.778. The monoisotopic (exact) mass is 296 g/mol. The summed E-state index contributed by atoms with van der Waals surface area (Å²) in [6, 6.07) is 1.85. The van der Waals surface area contributed by atoms with Crippen molar-refractivity contribution in [2.24, 2.45) is 0 Å². The van der Waals surface area contributed by atoms with Gasteiger partial charge >= 0.3 is 5.97 Å². The number of thioether (sulfide) groups is 1. The van der Waals surface area contributed by atoms with E-state index in [4.69, 9.17) is 9.63 Å². The number of aromatic nitrogens is 4. The molecule has 2 heterocycles. The summed E-state index contributed by atoms with van der Waals surface area (Å²) in [6.07, 6.45) is 1.73. The smallest absolute Gasteiger partial charge is 0.313 e. The predicted molar refractivity (Wildman–Crippen MR) is 72.7 cm³/mol. The molecule has 8 heteroatoms.